The molecular formula is C14H20N4O4. The summed E-state index contributed by atoms with van der Waals surface area (Å²) in [5, 5.41) is 5.09. The van der Waals surface area contributed by atoms with Gasteiger partial charge in [0.25, 0.3) is 11.8 Å². The van der Waals surface area contributed by atoms with Gasteiger partial charge in [-0.1, -0.05) is 0 Å². The van der Waals surface area contributed by atoms with Crippen LogP contribution in [0.5, 0.6) is 0 Å². The van der Waals surface area contributed by atoms with E-state index in [0.29, 0.717) is 6.54 Å². The smallest absolute Gasteiger partial charge is 0.277 e. The first-order chi connectivity index (χ1) is 10.4. The van der Waals surface area contributed by atoms with Crippen molar-refractivity contribution in [1.82, 2.24) is 20.4 Å². The normalized spacial score (nSPS) is 22.2. The topological polar surface area (TPSA) is 98.8 Å². The van der Waals surface area contributed by atoms with Gasteiger partial charge < -0.3 is 10.2 Å². The van der Waals surface area contributed by atoms with Crippen LogP contribution < -0.4 is 10.6 Å². The van der Waals surface area contributed by atoms with Gasteiger partial charge in [-0.3, -0.25) is 29.4 Å². The molecule has 0 aromatic rings. The van der Waals surface area contributed by atoms with Gasteiger partial charge in [-0.25, -0.2) is 0 Å². The zero-order chi connectivity index (χ0) is 16.3. The molecule has 120 valence electrons. The molecule has 22 heavy (non-hydrogen) atoms. The van der Waals surface area contributed by atoms with Crippen molar-refractivity contribution < 1.29 is 19.2 Å². The number of nitrogens with one attached hydrogen (secondary N) is 2. The minimum Gasteiger partial charge on any atom is -0.380 e. The molecule has 2 N–H and O–H groups in total. The van der Waals surface area contributed by atoms with Crippen LogP contribution in [0.15, 0.2) is 11.8 Å². The lowest BCUT2D eigenvalue weighted by Gasteiger charge is -2.28. The van der Waals surface area contributed by atoms with Crippen LogP contribution in [-0.4, -0.2) is 66.7 Å². The van der Waals surface area contributed by atoms with E-state index >= 15 is 0 Å². The third-order valence-electron chi connectivity index (χ3n) is 3.57. The minimum absolute atomic E-state index is 0.124. The number of piperidine rings is 1. The van der Waals surface area contributed by atoms with Crippen LogP contribution in [0.2, 0.25) is 0 Å². The second-order valence-electron chi connectivity index (χ2n) is 5.62. The number of hydrogen-bond donors (Lipinski definition) is 2. The fraction of sp³-hybridized carbons (Fsp3) is 0.571. The van der Waals surface area contributed by atoms with E-state index in [1.54, 1.807) is 0 Å². The molecule has 0 saturated carbocycles. The summed E-state index contributed by atoms with van der Waals surface area (Å²) in [5.41, 5.74) is 0.202. The molecule has 2 aliphatic rings. The first-order valence-electron chi connectivity index (χ1n) is 7.21. The zero-order valence-corrected chi connectivity index (χ0v) is 12.7. The quantitative estimate of drug-likeness (QED) is 0.462. The number of carbonyl (C=O) groups excluding carboxylic acids is 4. The molecule has 0 aliphatic carbocycles. The standard InChI is InChI=1S/C14H20N4O4/c1-17(2)7-3-6-15-9-8-12(20)18(14(9)22)10-4-5-11(19)16-13(10)21/h8,10,15H,3-7H2,1-2H3,(H,16,19,21). The van der Waals surface area contributed by atoms with E-state index in [-0.39, 0.29) is 24.4 Å². The number of hydrogen-bond acceptors (Lipinski definition) is 6. The average Bonchev–Trinajstić information content (AvgIpc) is 2.70. The molecule has 0 aromatic heterocycles. The van der Waals surface area contributed by atoms with Crippen LogP contribution in [-0.2, 0) is 19.2 Å². The van der Waals surface area contributed by atoms with E-state index in [0.717, 1.165) is 17.9 Å². The molecule has 1 fully saturated rings. The Morgan fingerprint density at radius 1 is 1.32 bits per heavy atom. The fourth-order valence-corrected chi connectivity index (χ4v) is 2.45. The van der Waals surface area contributed by atoms with E-state index in [4.69, 9.17) is 0 Å². The Kier molecular flexibility index (Phi) is 4.92. The van der Waals surface area contributed by atoms with Crippen molar-refractivity contribution in [3.8, 4) is 0 Å². The van der Waals surface area contributed by atoms with Crippen molar-refractivity contribution >= 4 is 23.6 Å². The first-order valence-corrected chi connectivity index (χ1v) is 7.21. The van der Waals surface area contributed by atoms with Crippen molar-refractivity contribution in [2.45, 2.75) is 25.3 Å². The van der Waals surface area contributed by atoms with Crippen LogP contribution in [0, 0.1) is 0 Å². The van der Waals surface area contributed by atoms with Crippen molar-refractivity contribution in [1.29, 1.82) is 0 Å². The highest BCUT2D eigenvalue weighted by molar-refractivity contribution is 6.18. The summed E-state index contributed by atoms with van der Waals surface area (Å²) in [4.78, 5) is 50.1. The van der Waals surface area contributed by atoms with Crippen LogP contribution in [0.3, 0.4) is 0 Å². The van der Waals surface area contributed by atoms with Crippen molar-refractivity contribution in [2.24, 2.45) is 0 Å². The molecule has 2 aliphatic heterocycles. The number of carbonyl (C=O) groups is 4. The largest absolute Gasteiger partial charge is 0.380 e. The van der Waals surface area contributed by atoms with Gasteiger partial charge in [-0.2, -0.15) is 0 Å². The lowest BCUT2D eigenvalue weighted by Crippen LogP contribution is -2.54. The Morgan fingerprint density at radius 3 is 2.68 bits per heavy atom. The Bertz CT molecular complexity index is 541. The molecular weight excluding hydrogens is 288 g/mol. The van der Waals surface area contributed by atoms with Gasteiger partial charge in [0.05, 0.1) is 0 Å². The third-order valence-corrected chi connectivity index (χ3v) is 3.57. The van der Waals surface area contributed by atoms with E-state index in [1.165, 1.54) is 6.08 Å². The fourth-order valence-electron chi connectivity index (χ4n) is 2.45. The summed E-state index contributed by atoms with van der Waals surface area (Å²) in [6.45, 7) is 1.42. The summed E-state index contributed by atoms with van der Waals surface area (Å²) in [5.74, 6) is -2.01. The van der Waals surface area contributed by atoms with Gasteiger partial charge in [0.2, 0.25) is 11.8 Å². The molecule has 0 radical (unpaired) electrons. The lowest BCUT2D eigenvalue weighted by atomic mass is 10.0. The molecule has 0 aromatic carbocycles. The monoisotopic (exact) mass is 308 g/mol. The summed E-state index contributed by atoms with van der Waals surface area (Å²) < 4.78 is 0. The number of nitrogens with zero attached hydrogens (tertiary/aromatic N) is 2. The van der Waals surface area contributed by atoms with Gasteiger partial charge in [-0.15, -0.1) is 0 Å². The van der Waals surface area contributed by atoms with Crippen LogP contribution in [0.25, 0.3) is 0 Å². The molecule has 0 bridgehead atoms. The highest BCUT2D eigenvalue weighted by Crippen LogP contribution is 2.19. The molecule has 1 atom stereocenters. The first kappa shape index (κ1) is 16.2. The second-order valence-corrected chi connectivity index (χ2v) is 5.62. The molecule has 1 unspecified atom stereocenters. The van der Waals surface area contributed by atoms with E-state index in [2.05, 4.69) is 10.6 Å². The third kappa shape index (κ3) is 3.51. The number of amides is 4. The molecule has 4 amide bonds. The highest BCUT2D eigenvalue weighted by atomic mass is 16.2. The molecule has 2 rings (SSSR count). The van der Waals surface area contributed by atoms with Crippen LogP contribution in [0.4, 0.5) is 0 Å². The van der Waals surface area contributed by atoms with E-state index < -0.39 is 23.8 Å². The van der Waals surface area contributed by atoms with Crippen molar-refractivity contribution in [2.75, 3.05) is 27.2 Å². The predicted molar refractivity (Wildman–Crippen MR) is 77.3 cm³/mol. The Hall–Kier alpha value is -2.22. The molecule has 8 nitrogen and oxygen atoms in total. The van der Waals surface area contributed by atoms with E-state index in [1.807, 2.05) is 19.0 Å². The van der Waals surface area contributed by atoms with Gasteiger partial charge in [0.1, 0.15) is 11.7 Å². The highest BCUT2D eigenvalue weighted by Gasteiger charge is 2.42. The predicted octanol–water partition coefficient (Wildman–Crippen LogP) is -1.41. The summed E-state index contributed by atoms with van der Waals surface area (Å²) in [6.07, 6.45) is 2.33. The molecule has 2 heterocycles. The number of imide groups is 2. The zero-order valence-electron chi connectivity index (χ0n) is 12.7. The van der Waals surface area contributed by atoms with E-state index in [9.17, 15) is 19.2 Å². The summed E-state index contributed by atoms with van der Waals surface area (Å²) in [6, 6.07) is -0.907. The Labute approximate surface area is 128 Å². The van der Waals surface area contributed by atoms with Gasteiger partial charge in [0, 0.05) is 19.0 Å². The molecule has 1 saturated heterocycles. The molecule has 0 spiro atoms. The minimum atomic E-state index is -0.907. The van der Waals surface area contributed by atoms with Crippen molar-refractivity contribution in [3.05, 3.63) is 11.8 Å². The second kappa shape index (κ2) is 6.69. The maximum atomic E-state index is 12.3. The van der Waals surface area contributed by atoms with Gasteiger partial charge in [-0.05, 0) is 33.5 Å². The maximum absolute atomic E-state index is 12.3. The average molecular weight is 308 g/mol. The Morgan fingerprint density at radius 2 is 2.05 bits per heavy atom. The lowest BCUT2D eigenvalue weighted by molar-refractivity contribution is -0.149. The molecule has 8 heteroatoms. The number of rotatable bonds is 6. The van der Waals surface area contributed by atoms with Gasteiger partial charge >= 0.3 is 0 Å². The summed E-state index contributed by atoms with van der Waals surface area (Å²) in [7, 11) is 3.91. The summed E-state index contributed by atoms with van der Waals surface area (Å²) >= 11 is 0. The van der Waals surface area contributed by atoms with Crippen LogP contribution in [0.1, 0.15) is 19.3 Å². The van der Waals surface area contributed by atoms with Crippen molar-refractivity contribution in [3.63, 3.8) is 0 Å². The van der Waals surface area contributed by atoms with Gasteiger partial charge in [0.15, 0.2) is 0 Å². The Balaban J connectivity index is 1.94. The SMILES string of the molecule is CN(C)CCCNC1=CC(=O)N(C2CCC(=O)NC2=O)C1=O. The van der Waals surface area contributed by atoms with Crippen LogP contribution >= 0.6 is 0 Å². The maximum Gasteiger partial charge on any atom is 0.277 e.